The lowest BCUT2D eigenvalue weighted by atomic mass is 10.0. The highest BCUT2D eigenvalue weighted by Gasteiger charge is 2.36. The minimum Gasteiger partial charge on any atom is -0.495 e. The molecule has 0 aliphatic heterocycles. The van der Waals surface area contributed by atoms with E-state index in [1.807, 2.05) is 75.4 Å². The number of nitrogens with zero attached hydrogens (tertiary/aromatic N) is 3. The topological polar surface area (TPSA) is 139 Å². The highest BCUT2D eigenvalue weighted by molar-refractivity contribution is 7.92. The number of methoxy groups -OCH3 is 1. The van der Waals surface area contributed by atoms with E-state index in [0.29, 0.717) is 6.42 Å². The van der Waals surface area contributed by atoms with Crippen LogP contribution in [-0.2, 0) is 32.6 Å². The molecule has 4 rings (SSSR count). The zero-order chi connectivity index (χ0) is 36.6. The first-order chi connectivity index (χ1) is 23.7. The molecule has 264 valence electrons. The number of aryl methyl sites for hydroxylation is 2. The van der Waals surface area contributed by atoms with Gasteiger partial charge in [-0.1, -0.05) is 84.8 Å². The molecule has 50 heavy (non-hydrogen) atoms. The van der Waals surface area contributed by atoms with Gasteiger partial charge < -0.3 is 15.0 Å². The number of rotatable bonds is 15. The summed E-state index contributed by atoms with van der Waals surface area (Å²) < 4.78 is 35.3. The average Bonchev–Trinajstić information content (AvgIpc) is 3.09. The molecule has 0 aliphatic carbocycles. The van der Waals surface area contributed by atoms with E-state index in [4.69, 9.17) is 16.3 Å². The van der Waals surface area contributed by atoms with Crippen molar-refractivity contribution in [2.75, 3.05) is 18.0 Å². The zero-order valence-corrected chi connectivity index (χ0v) is 30.2. The van der Waals surface area contributed by atoms with Gasteiger partial charge in [-0.25, -0.2) is 8.42 Å². The van der Waals surface area contributed by atoms with Gasteiger partial charge in [-0.2, -0.15) is 0 Å². The standard InChI is InChI=1S/C37H41ClN4O7S/c1-6-27(4)39-37(44)34(20-28-10-8-7-9-11-28)40(23-29-15-12-25(2)13-16-29)36(43)24-41(33-21-30(38)17-19-35(33)49-5)50(47,48)31-18-14-26(3)32(22-31)42(45)46/h7-19,21-22,27,34H,6,20,23-24H2,1-5H3,(H,39,44)/t27-,34-/m1/s1. The van der Waals surface area contributed by atoms with Crippen LogP contribution >= 0.6 is 11.6 Å². The second kappa shape index (κ2) is 16.6. The number of halogens is 1. The molecule has 0 aromatic heterocycles. The summed E-state index contributed by atoms with van der Waals surface area (Å²) in [6.07, 6.45) is 0.803. The van der Waals surface area contributed by atoms with Crippen molar-refractivity contribution in [1.82, 2.24) is 10.2 Å². The van der Waals surface area contributed by atoms with Gasteiger partial charge in [0.2, 0.25) is 11.8 Å². The quantitative estimate of drug-likeness (QED) is 0.108. The van der Waals surface area contributed by atoms with Crippen molar-refractivity contribution in [3.63, 3.8) is 0 Å². The minimum atomic E-state index is -4.67. The van der Waals surface area contributed by atoms with Gasteiger partial charge in [0.05, 0.1) is 22.6 Å². The monoisotopic (exact) mass is 720 g/mol. The summed E-state index contributed by atoms with van der Waals surface area (Å²) >= 11 is 6.35. The first-order valence-electron chi connectivity index (χ1n) is 16.1. The molecule has 13 heteroatoms. The van der Waals surface area contributed by atoms with E-state index < -0.39 is 49.9 Å². The molecule has 0 radical (unpaired) electrons. The number of nitro benzene ring substituents is 1. The van der Waals surface area contributed by atoms with Crippen molar-refractivity contribution < 1.29 is 27.7 Å². The predicted octanol–water partition coefficient (Wildman–Crippen LogP) is 6.62. The van der Waals surface area contributed by atoms with E-state index in [0.717, 1.165) is 27.1 Å². The summed E-state index contributed by atoms with van der Waals surface area (Å²) in [5, 5.41) is 15.0. The van der Waals surface area contributed by atoms with Crippen molar-refractivity contribution in [2.24, 2.45) is 0 Å². The highest BCUT2D eigenvalue weighted by Crippen LogP contribution is 2.36. The Morgan fingerprint density at radius 3 is 2.26 bits per heavy atom. The molecule has 0 bridgehead atoms. The average molecular weight is 721 g/mol. The molecule has 4 aromatic carbocycles. The van der Waals surface area contributed by atoms with E-state index in [1.165, 1.54) is 49.3 Å². The van der Waals surface area contributed by atoms with Crippen LogP contribution < -0.4 is 14.4 Å². The first-order valence-corrected chi connectivity index (χ1v) is 17.9. The van der Waals surface area contributed by atoms with Gasteiger partial charge >= 0.3 is 0 Å². The Bertz CT molecular complexity index is 1940. The maximum Gasteiger partial charge on any atom is 0.273 e. The predicted molar refractivity (Wildman–Crippen MR) is 194 cm³/mol. The number of amides is 2. The number of hydrogen-bond donors (Lipinski definition) is 1. The Kier molecular flexibility index (Phi) is 12.6. The van der Waals surface area contributed by atoms with Crippen molar-refractivity contribution in [3.8, 4) is 5.75 Å². The molecule has 0 saturated heterocycles. The van der Waals surface area contributed by atoms with Crippen LogP contribution in [0.4, 0.5) is 11.4 Å². The third-order valence-electron chi connectivity index (χ3n) is 8.40. The highest BCUT2D eigenvalue weighted by atomic mass is 35.5. The Morgan fingerprint density at radius 2 is 1.64 bits per heavy atom. The van der Waals surface area contributed by atoms with Crippen molar-refractivity contribution in [3.05, 3.63) is 128 Å². The number of ether oxygens (including phenoxy) is 1. The first kappa shape index (κ1) is 37.9. The fraction of sp³-hybridized carbons (Fsp3) is 0.297. The van der Waals surface area contributed by atoms with Gasteiger partial charge in [0.15, 0.2) is 0 Å². The Labute approximate surface area is 298 Å². The van der Waals surface area contributed by atoms with Gasteiger partial charge in [-0.15, -0.1) is 0 Å². The van der Waals surface area contributed by atoms with Crippen LogP contribution in [0.15, 0.2) is 95.9 Å². The smallest absolute Gasteiger partial charge is 0.273 e. The van der Waals surface area contributed by atoms with Crippen LogP contribution in [0.2, 0.25) is 5.02 Å². The van der Waals surface area contributed by atoms with E-state index in [1.54, 1.807) is 0 Å². The van der Waals surface area contributed by atoms with Crippen LogP contribution in [0.3, 0.4) is 0 Å². The number of nitro groups is 1. The molecule has 0 spiro atoms. The van der Waals surface area contributed by atoms with Gasteiger partial charge in [0.1, 0.15) is 18.3 Å². The largest absolute Gasteiger partial charge is 0.495 e. The van der Waals surface area contributed by atoms with Gasteiger partial charge in [-0.05, 0) is 62.6 Å². The molecular weight excluding hydrogens is 680 g/mol. The number of carbonyl (C=O) groups is 2. The zero-order valence-electron chi connectivity index (χ0n) is 28.6. The second-order valence-corrected chi connectivity index (χ2v) is 14.4. The molecule has 1 N–H and O–H groups in total. The van der Waals surface area contributed by atoms with Crippen LogP contribution in [0, 0.1) is 24.0 Å². The van der Waals surface area contributed by atoms with Gasteiger partial charge in [0.25, 0.3) is 15.7 Å². The fourth-order valence-electron chi connectivity index (χ4n) is 5.33. The Hall–Kier alpha value is -4.94. The third-order valence-corrected chi connectivity index (χ3v) is 10.4. The molecular formula is C37H41ClN4O7S. The molecule has 0 fully saturated rings. The van der Waals surface area contributed by atoms with E-state index in [2.05, 4.69) is 5.32 Å². The summed E-state index contributed by atoms with van der Waals surface area (Å²) in [4.78, 5) is 40.9. The third kappa shape index (κ3) is 9.19. The maximum atomic E-state index is 14.7. The second-order valence-electron chi connectivity index (χ2n) is 12.1. The fourth-order valence-corrected chi connectivity index (χ4v) is 6.93. The lowest BCUT2D eigenvalue weighted by Gasteiger charge is -2.34. The summed E-state index contributed by atoms with van der Waals surface area (Å²) in [5.41, 5.74) is 2.32. The number of benzene rings is 4. The molecule has 0 aliphatic rings. The van der Waals surface area contributed by atoms with Crippen LogP contribution in [-0.4, -0.2) is 55.8 Å². The number of nitrogens with one attached hydrogen (secondary N) is 1. The Balaban J connectivity index is 1.89. The SMILES string of the molecule is CC[C@@H](C)NC(=O)[C@@H](Cc1ccccc1)N(Cc1ccc(C)cc1)C(=O)CN(c1cc(Cl)ccc1OC)S(=O)(=O)c1ccc(C)c([N+](=O)[O-])c1. The van der Waals surface area contributed by atoms with E-state index in [9.17, 15) is 28.1 Å². The molecule has 0 unspecified atom stereocenters. The Morgan fingerprint density at radius 1 is 0.960 bits per heavy atom. The molecule has 4 aromatic rings. The van der Waals surface area contributed by atoms with Crippen molar-refractivity contribution in [1.29, 1.82) is 0 Å². The number of sulfonamides is 1. The molecule has 0 heterocycles. The van der Waals surface area contributed by atoms with E-state index in [-0.39, 0.29) is 41.0 Å². The summed E-state index contributed by atoms with van der Waals surface area (Å²) in [6.45, 7) is 6.43. The molecule has 2 amide bonds. The molecule has 0 saturated carbocycles. The number of anilines is 1. The van der Waals surface area contributed by atoms with Crippen molar-refractivity contribution >= 4 is 44.8 Å². The summed E-state index contributed by atoms with van der Waals surface area (Å²) in [7, 11) is -3.33. The normalized spacial score (nSPS) is 12.4. The van der Waals surface area contributed by atoms with Gasteiger partial charge in [0, 0.05) is 35.7 Å². The molecule has 2 atom stereocenters. The summed E-state index contributed by atoms with van der Waals surface area (Å²) in [5.74, 6) is -1.00. The summed E-state index contributed by atoms with van der Waals surface area (Å²) in [6, 6.07) is 23.3. The maximum absolute atomic E-state index is 14.7. The molecule has 11 nitrogen and oxygen atoms in total. The van der Waals surface area contributed by atoms with Gasteiger partial charge in [-0.3, -0.25) is 24.0 Å². The van der Waals surface area contributed by atoms with Crippen LogP contribution in [0.1, 0.15) is 42.5 Å². The van der Waals surface area contributed by atoms with Crippen LogP contribution in [0.5, 0.6) is 5.75 Å². The number of hydrogen-bond acceptors (Lipinski definition) is 7. The van der Waals surface area contributed by atoms with Crippen molar-refractivity contribution in [2.45, 2.75) is 64.1 Å². The lowest BCUT2D eigenvalue weighted by Crippen LogP contribution is -2.54. The van der Waals surface area contributed by atoms with Crippen LogP contribution in [0.25, 0.3) is 0 Å². The van der Waals surface area contributed by atoms with E-state index >= 15 is 0 Å². The minimum absolute atomic E-state index is 0.0128. The lowest BCUT2D eigenvalue weighted by molar-refractivity contribution is -0.385. The number of carbonyl (C=O) groups excluding carboxylic acids is 2.